The number of ketones is 1. The number of carbonyl (C=O) groups excluding carboxylic acids is 2. The van der Waals surface area contributed by atoms with Crippen molar-refractivity contribution >= 4 is 17.4 Å². The van der Waals surface area contributed by atoms with Crippen molar-refractivity contribution in [2.75, 3.05) is 46.0 Å². The second-order valence-electron chi connectivity index (χ2n) is 7.69. The molecule has 0 spiro atoms. The van der Waals surface area contributed by atoms with Gasteiger partial charge in [-0.3, -0.25) is 19.5 Å². The van der Waals surface area contributed by atoms with E-state index in [0.29, 0.717) is 44.2 Å². The zero-order valence-electron chi connectivity index (χ0n) is 18.1. The van der Waals surface area contributed by atoms with Gasteiger partial charge >= 0.3 is 0 Å². The van der Waals surface area contributed by atoms with Crippen LogP contribution in [-0.2, 0) is 14.3 Å². The first-order chi connectivity index (χ1) is 15.6. The average molecular weight is 437 g/mol. The molecule has 168 valence electrons. The molecule has 32 heavy (non-hydrogen) atoms. The Labute approximate surface area is 187 Å². The first-order valence-electron chi connectivity index (χ1n) is 10.8. The molecule has 1 atom stereocenters. The molecule has 8 heteroatoms. The Hall–Kier alpha value is -3.23. The largest absolute Gasteiger partial charge is 0.507 e. The average Bonchev–Trinajstić information content (AvgIpc) is 3.09. The van der Waals surface area contributed by atoms with Gasteiger partial charge < -0.3 is 19.5 Å². The fraction of sp³-hybridized carbons (Fsp3) is 0.375. The number of nitrogens with zero attached hydrogens (tertiary/aromatic N) is 3. The molecule has 2 fully saturated rings. The lowest BCUT2D eigenvalue weighted by Crippen LogP contribution is -2.42. The summed E-state index contributed by atoms with van der Waals surface area (Å²) in [7, 11) is 0. The molecule has 3 heterocycles. The van der Waals surface area contributed by atoms with Crippen LogP contribution in [0.5, 0.6) is 5.75 Å². The lowest BCUT2D eigenvalue weighted by Gasteiger charge is -2.31. The number of pyridine rings is 1. The molecular weight excluding hydrogens is 410 g/mol. The van der Waals surface area contributed by atoms with Crippen molar-refractivity contribution < 1.29 is 24.2 Å². The van der Waals surface area contributed by atoms with Gasteiger partial charge in [-0.05, 0) is 36.8 Å². The second-order valence-corrected chi connectivity index (χ2v) is 7.69. The number of morpholine rings is 1. The van der Waals surface area contributed by atoms with Crippen molar-refractivity contribution in [1.29, 1.82) is 0 Å². The van der Waals surface area contributed by atoms with Crippen LogP contribution < -0.4 is 4.74 Å². The fourth-order valence-corrected chi connectivity index (χ4v) is 4.13. The Morgan fingerprint density at radius 2 is 1.91 bits per heavy atom. The lowest BCUT2D eigenvalue weighted by atomic mass is 9.96. The number of hydrogen-bond donors (Lipinski definition) is 1. The Bertz CT molecular complexity index is 1000. The van der Waals surface area contributed by atoms with Crippen molar-refractivity contribution in [3.63, 3.8) is 0 Å². The third-order valence-corrected chi connectivity index (χ3v) is 5.74. The summed E-state index contributed by atoms with van der Waals surface area (Å²) in [5.74, 6) is -0.921. The number of benzene rings is 1. The zero-order chi connectivity index (χ0) is 22.5. The van der Waals surface area contributed by atoms with Crippen LogP contribution in [0.3, 0.4) is 0 Å². The molecule has 1 aromatic carbocycles. The van der Waals surface area contributed by atoms with Crippen LogP contribution in [0, 0.1) is 0 Å². The molecule has 1 unspecified atom stereocenters. The Balaban J connectivity index is 1.71. The van der Waals surface area contributed by atoms with E-state index in [0.717, 1.165) is 18.7 Å². The van der Waals surface area contributed by atoms with Crippen molar-refractivity contribution in [2.24, 2.45) is 0 Å². The molecular formula is C24H27N3O5. The molecule has 2 aliphatic heterocycles. The molecule has 1 amide bonds. The van der Waals surface area contributed by atoms with E-state index in [9.17, 15) is 14.7 Å². The molecule has 2 aromatic rings. The van der Waals surface area contributed by atoms with Crippen LogP contribution in [0.15, 0.2) is 54.4 Å². The van der Waals surface area contributed by atoms with E-state index in [1.165, 1.54) is 0 Å². The quantitative estimate of drug-likeness (QED) is 0.403. The lowest BCUT2D eigenvalue weighted by molar-refractivity contribution is -0.140. The van der Waals surface area contributed by atoms with Gasteiger partial charge in [0.05, 0.1) is 31.4 Å². The van der Waals surface area contributed by atoms with E-state index in [4.69, 9.17) is 9.47 Å². The van der Waals surface area contributed by atoms with E-state index < -0.39 is 17.7 Å². The van der Waals surface area contributed by atoms with Crippen molar-refractivity contribution in [2.45, 2.75) is 13.0 Å². The maximum atomic E-state index is 13.1. The number of rotatable bonds is 7. The van der Waals surface area contributed by atoms with Crippen LogP contribution in [0.4, 0.5) is 0 Å². The molecule has 0 radical (unpaired) electrons. The van der Waals surface area contributed by atoms with E-state index in [1.54, 1.807) is 53.7 Å². The predicted molar refractivity (Wildman–Crippen MR) is 118 cm³/mol. The highest BCUT2D eigenvalue weighted by Crippen LogP contribution is 2.39. The number of hydrogen-bond acceptors (Lipinski definition) is 7. The van der Waals surface area contributed by atoms with Gasteiger partial charge in [0.25, 0.3) is 11.7 Å². The molecule has 2 saturated heterocycles. The monoisotopic (exact) mass is 437 g/mol. The number of Topliss-reactive ketones (excluding diaryl/α,β-unsaturated/α-hetero) is 1. The first-order valence-corrected chi connectivity index (χ1v) is 10.8. The summed E-state index contributed by atoms with van der Waals surface area (Å²) < 4.78 is 10.9. The highest BCUT2D eigenvalue weighted by molar-refractivity contribution is 6.46. The number of aliphatic hydroxyl groups is 1. The van der Waals surface area contributed by atoms with Gasteiger partial charge in [0.2, 0.25) is 0 Å². The van der Waals surface area contributed by atoms with Gasteiger partial charge in [-0.25, -0.2) is 0 Å². The Kier molecular flexibility index (Phi) is 6.82. The normalized spacial score (nSPS) is 21.2. The van der Waals surface area contributed by atoms with Gasteiger partial charge in [-0.2, -0.15) is 0 Å². The fourth-order valence-electron chi connectivity index (χ4n) is 4.13. The van der Waals surface area contributed by atoms with Crippen molar-refractivity contribution in [3.8, 4) is 5.75 Å². The standard InChI is InChI=1S/C24H27N3O5/c1-2-32-19-5-3-4-18(16-19)22(28)20-21(17-6-8-25-9-7-17)27(24(30)23(20)29)11-10-26-12-14-31-15-13-26/h3-9,16,21,28H,2,10-15H2,1H3/b22-20-. The van der Waals surface area contributed by atoms with Gasteiger partial charge in [0.15, 0.2) is 0 Å². The number of carbonyl (C=O) groups is 2. The molecule has 2 aliphatic rings. The number of amides is 1. The molecule has 8 nitrogen and oxygen atoms in total. The zero-order valence-corrected chi connectivity index (χ0v) is 18.1. The van der Waals surface area contributed by atoms with Crippen LogP contribution in [0.2, 0.25) is 0 Å². The number of likely N-dealkylation sites (tertiary alicyclic amines) is 1. The highest BCUT2D eigenvalue weighted by atomic mass is 16.5. The first kappa shape index (κ1) is 22.0. The number of ether oxygens (including phenoxy) is 2. The van der Waals surface area contributed by atoms with E-state index >= 15 is 0 Å². The van der Waals surface area contributed by atoms with E-state index in [1.807, 2.05) is 6.92 Å². The second kappa shape index (κ2) is 9.93. The summed E-state index contributed by atoms with van der Waals surface area (Å²) in [6.45, 7) is 6.22. The SMILES string of the molecule is CCOc1cccc(/C(O)=C2/C(=O)C(=O)N(CCN3CCOCC3)C2c2ccncc2)c1. The smallest absolute Gasteiger partial charge is 0.295 e. The molecule has 0 aliphatic carbocycles. The molecule has 0 saturated carbocycles. The minimum atomic E-state index is -0.687. The van der Waals surface area contributed by atoms with E-state index in [2.05, 4.69) is 9.88 Å². The maximum Gasteiger partial charge on any atom is 0.295 e. The van der Waals surface area contributed by atoms with Gasteiger partial charge in [0.1, 0.15) is 11.5 Å². The molecule has 1 aromatic heterocycles. The minimum absolute atomic E-state index is 0.0804. The van der Waals surface area contributed by atoms with Crippen molar-refractivity contribution in [3.05, 3.63) is 65.5 Å². The third-order valence-electron chi connectivity index (χ3n) is 5.74. The van der Waals surface area contributed by atoms with Crippen LogP contribution in [-0.4, -0.2) is 77.6 Å². The molecule has 1 N–H and O–H groups in total. The third kappa shape index (κ3) is 4.51. The molecule has 0 bridgehead atoms. The summed E-state index contributed by atoms with van der Waals surface area (Å²) in [5, 5.41) is 11.1. The highest BCUT2D eigenvalue weighted by Gasteiger charge is 2.46. The summed E-state index contributed by atoms with van der Waals surface area (Å²) in [6, 6.07) is 9.74. The Morgan fingerprint density at radius 1 is 1.16 bits per heavy atom. The van der Waals surface area contributed by atoms with E-state index in [-0.39, 0.29) is 11.3 Å². The maximum absolute atomic E-state index is 13.1. The van der Waals surface area contributed by atoms with Crippen LogP contribution in [0.25, 0.3) is 5.76 Å². The Morgan fingerprint density at radius 3 is 2.62 bits per heavy atom. The predicted octanol–water partition coefficient (Wildman–Crippen LogP) is 2.23. The number of aliphatic hydroxyl groups excluding tert-OH is 1. The van der Waals surface area contributed by atoms with Gasteiger partial charge in [-0.1, -0.05) is 12.1 Å². The van der Waals surface area contributed by atoms with Gasteiger partial charge in [-0.15, -0.1) is 0 Å². The summed E-state index contributed by atoms with van der Waals surface area (Å²) in [4.78, 5) is 33.9. The van der Waals surface area contributed by atoms with Crippen LogP contribution >= 0.6 is 0 Å². The molecule has 4 rings (SSSR count). The van der Waals surface area contributed by atoms with Gasteiger partial charge in [0, 0.05) is 44.1 Å². The summed E-state index contributed by atoms with van der Waals surface area (Å²) in [5.41, 5.74) is 1.24. The minimum Gasteiger partial charge on any atom is -0.507 e. The summed E-state index contributed by atoms with van der Waals surface area (Å²) >= 11 is 0. The topological polar surface area (TPSA) is 92.2 Å². The summed E-state index contributed by atoms with van der Waals surface area (Å²) in [6.07, 6.45) is 3.24. The number of aromatic nitrogens is 1. The van der Waals surface area contributed by atoms with Crippen LogP contribution in [0.1, 0.15) is 24.1 Å². The van der Waals surface area contributed by atoms with Crippen molar-refractivity contribution in [1.82, 2.24) is 14.8 Å².